The number of nitrogens with zero attached hydrogens (tertiary/aromatic N) is 1. The van der Waals surface area contributed by atoms with Crippen LogP contribution in [0.25, 0.3) is 0 Å². The molecule has 1 saturated heterocycles. The van der Waals surface area contributed by atoms with Crippen molar-refractivity contribution in [2.75, 3.05) is 18.8 Å². The molecule has 1 aliphatic heterocycles. The van der Waals surface area contributed by atoms with E-state index >= 15 is 0 Å². The van der Waals surface area contributed by atoms with Gasteiger partial charge in [-0.3, -0.25) is 4.79 Å². The molecule has 3 N–H and O–H groups in total. The van der Waals surface area contributed by atoms with E-state index in [-0.39, 0.29) is 23.3 Å². The van der Waals surface area contributed by atoms with E-state index in [9.17, 15) is 9.59 Å². The number of nitrogens with one attached hydrogen (secondary N) is 1. The predicted molar refractivity (Wildman–Crippen MR) is 81.3 cm³/mol. The van der Waals surface area contributed by atoms with E-state index in [0.29, 0.717) is 13.1 Å². The number of pyridine rings is 1. The fourth-order valence-electron chi connectivity index (χ4n) is 2.50. The summed E-state index contributed by atoms with van der Waals surface area (Å²) in [7, 11) is 0. The Kier molecular flexibility index (Phi) is 4.25. The number of likely N-dealkylation sites (tertiary alicyclic amines) is 1. The SMILES string of the molecule is CC(C)(C)OC(=O)N1CCCC(c2c[nH]c(=O)c(N)c2)C1. The number of nitrogen functional groups attached to an aromatic ring is 1. The first-order valence-electron chi connectivity index (χ1n) is 7.22. The maximum absolute atomic E-state index is 12.1. The summed E-state index contributed by atoms with van der Waals surface area (Å²) in [5, 5.41) is 0. The molecule has 0 aromatic carbocycles. The van der Waals surface area contributed by atoms with Crippen molar-refractivity contribution in [3.8, 4) is 0 Å². The van der Waals surface area contributed by atoms with Crippen LogP contribution >= 0.6 is 0 Å². The van der Waals surface area contributed by atoms with Gasteiger partial charge in [0, 0.05) is 25.2 Å². The molecule has 1 aromatic heterocycles. The van der Waals surface area contributed by atoms with Gasteiger partial charge in [0.1, 0.15) is 5.60 Å². The van der Waals surface area contributed by atoms with E-state index in [1.54, 1.807) is 17.2 Å². The van der Waals surface area contributed by atoms with Crippen molar-refractivity contribution in [3.05, 3.63) is 28.2 Å². The first-order valence-corrected chi connectivity index (χ1v) is 7.22. The Morgan fingerprint density at radius 2 is 2.19 bits per heavy atom. The van der Waals surface area contributed by atoms with Crippen molar-refractivity contribution in [2.45, 2.75) is 45.1 Å². The van der Waals surface area contributed by atoms with Crippen molar-refractivity contribution < 1.29 is 9.53 Å². The molecule has 6 nitrogen and oxygen atoms in total. The summed E-state index contributed by atoms with van der Waals surface area (Å²) in [6.07, 6.45) is 3.26. The second-order valence-electron chi connectivity index (χ2n) is 6.48. The van der Waals surface area contributed by atoms with E-state index in [1.807, 2.05) is 20.8 Å². The lowest BCUT2D eigenvalue weighted by atomic mass is 9.92. The smallest absolute Gasteiger partial charge is 0.410 e. The first-order chi connectivity index (χ1) is 9.76. The normalized spacial score (nSPS) is 19.4. The lowest BCUT2D eigenvalue weighted by Gasteiger charge is -2.34. The molecule has 1 amide bonds. The van der Waals surface area contributed by atoms with Crippen LogP contribution in [0, 0.1) is 0 Å². The molecule has 0 radical (unpaired) electrons. The molecule has 0 spiro atoms. The van der Waals surface area contributed by atoms with Crippen molar-refractivity contribution in [1.82, 2.24) is 9.88 Å². The van der Waals surface area contributed by atoms with Crippen LogP contribution in [0.2, 0.25) is 0 Å². The molecule has 1 fully saturated rings. The molecule has 0 bridgehead atoms. The number of H-pyrrole nitrogens is 1. The van der Waals surface area contributed by atoms with Gasteiger partial charge in [0.05, 0.1) is 5.69 Å². The van der Waals surface area contributed by atoms with Gasteiger partial charge < -0.3 is 20.4 Å². The molecule has 1 unspecified atom stereocenters. The third-order valence-corrected chi connectivity index (χ3v) is 3.50. The molecule has 1 aliphatic rings. The maximum Gasteiger partial charge on any atom is 0.410 e. The number of nitrogens with two attached hydrogens (primary N) is 1. The zero-order chi connectivity index (χ0) is 15.6. The Bertz CT molecular complexity index is 574. The summed E-state index contributed by atoms with van der Waals surface area (Å²) >= 11 is 0. The minimum Gasteiger partial charge on any atom is -0.444 e. The number of aromatic amines is 1. The fraction of sp³-hybridized carbons (Fsp3) is 0.600. The average molecular weight is 293 g/mol. The van der Waals surface area contributed by atoms with Gasteiger partial charge in [-0.1, -0.05) is 0 Å². The Labute approximate surface area is 124 Å². The summed E-state index contributed by atoms with van der Waals surface area (Å²) < 4.78 is 5.41. The highest BCUT2D eigenvalue weighted by Crippen LogP contribution is 2.27. The molecule has 2 rings (SSSR count). The zero-order valence-corrected chi connectivity index (χ0v) is 12.8. The van der Waals surface area contributed by atoms with Crippen LogP contribution in [0.4, 0.5) is 10.5 Å². The van der Waals surface area contributed by atoms with Crippen molar-refractivity contribution in [3.63, 3.8) is 0 Å². The lowest BCUT2D eigenvalue weighted by molar-refractivity contribution is 0.0198. The second-order valence-corrected chi connectivity index (χ2v) is 6.48. The van der Waals surface area contributed by atoms with Gasteiger partial charge in [0.25, 0.3) is 5.56 Å². The number of ether oxygens (including phenoxy) is 1. The van der Waals surface area contributed by atoms with E-state index < -0.39 is 5.60 Å². The van der Waals surface area contributed by atoms with Gasteiger partial charge in [-0.05, 0) is 45.2 Å². The van der Waals surface area contributed by atoms with Gasteiger partial charge >= 0.3 is 6.09 Å². The monoisotopic (exact) mass is 293 g/mol. The van der Waals surface area contributed by atoms with Crippen molar-refractivity contribution in [1.29, 1.82) is 0 Å². The Hall–Kier alpha value is -1.98. The van der Waals surface area contributed by atoms with Crippen LogP contribution in [-0.2, 0) is 4.74 Å². The molecular formula is C15H23N3O3. The van der Waals surface area contributed by atoms with Crippen molar-refractivity contribution >= 4 is 11.8 Å². The molecule has 116 valence electrons. The molecule has 0 saturated carbocycles. The van der Waals surface area contributed by atoms with Crippen LogP contribution < -0.4 is 11.3 Å². The summed E-state index contributed by atoms with van der Waals surface area (Å²) in [6.45, 7) is 6.85. The highest BCUT2D eigenvalue weighted by Gasteiger charge is 2.28. The first kappa shape index (κ1) is 15.4. The van der Waals surface area contributed by atoms with Crippen LogP contribution in [0.5, 0.6) is 0 Å². The van der Waals surface area contributed by atoms with Gasteiger partial charge in [0.2, 0.25) is 0 Å². The second kappa shape index (κ2) is 5.79. The van der Waals surface area contributed by atoms with Gasteiger partial charge in [-0.25, -0.2) is 4.79 Å². The lowest BCUT2D eigenvalue weighted by Crippen LogP contribution is -2.42. The Morgan fingerprint density at radius 1 is 1.48 bits per heavy atom. The molecule has 2 heterocycles. The summed E-state index contributed by atoms with van der Waals surface area (Å²) in [6, 6.07) is 1.70. The fourth-order valence-corrected chi connectivity index (χ4v) is 2.50. The topological polar surface area (TPSA) is 88.4 Å². The number of hydrogen-bond acceptors (Lipinski definition) is 4. The van der Waals surface area contributed by atoms with E-state index in [1.165, 1.54) is 0 Å². The summed E-state index contributed by atoms with van der Waals surface area (Å²) in [5.74, 6) is 0.172. The highest BCUT2D eigenvalue weighted by molar-refractivity contribution is 5.68. The van der Waals surface area contributed by atoms with Gasteiger partial charge in [-0.2, -0.15) is 0 Å². The van der Waals surface area contributed by atoms with Crippen LogP contribution in [0.3, 0.4) is 0 Å². The van der Waals surface area contributed by atoms with E-state index in [2.05, 4.69) is 4.98 Å². The number of rotatable bonds is 1. The molecule has 6 heteroatoms. The molecule has 21 heavy (non-hydrogen) atoms. The Balaban J connectivity index is 2.08. The number of hydrogen-bond donors (Lipinski definition) is 2. The van der Waals surface area contributed by atoms with Crippen LogP contribution in [0.15, 0.2) is 17.1 Å². The minimum absolute atomic E-state index is 0.172. The highest BCUT2D eigenvalue weighted by atomic mass is 16.6. The molecule has 0 aliphatic carbocycles. The zero-order valence-electron chi connectivity index (χ0n) is 12.8. The van der Waals surface area contributed by atoms with Crippen molar-refractivity contribution in [2.24, 2.45) is 0 Å². The third-order valence-electron chi connectivity index (χ3n) is 3.50. The average Bonchev–Trinajstić information content (AvgIpc) is 2.40. The van der Waals surface area contributed by atoms with Gasteiger partial charge in [-0.15, -0.1) is 0 Å². The summed E-state index contributed by atoms with van der Waals surface area (Å²) in [5.41, 5.74) is 6.05. The van der Waals surface area contributed by atoms with Gasteiger partial charge in [0.15, 0.2) is 0 Å². The van der Waals surface area contributed by atoms with Crippen LogP contribution in [0.1, 0.15) is 45.1 Å². The minimum atomic E-state index is -0.494. The predicted octanol–water partition coefficient (Wildman–Crippen LogP) is 2.07. The van der Waals surface area contributed by atoms with E-state index in [4.69, 9.17) is 10.5 Å². The largest absolute Gasteiger partial charge is 0.444 e. The number of piperidine rings is 1. The number of carbonyl (C=O) groups is 1. The summed E-state index contributed by atoms with van der Waals surface area (Å²) in [4.78, 5) is 27.8. The number of anilines is 1. The molecular weight excluding hydrogens is 270 g/mol. The quantitative estimate of drug-likeness (QED) is 0.829. The maximum atomic E-state index is 12.1. The third kappa shape index (κ3) is 4.00. The number of amides is 1. The molecule has 1 aromatic rings. The standard InChI is InChI=1S/C15H23N3O3/c1-15(2,3)21-14(20)18-6-4-5-10(9-18)11-7-12(16)13(19)17-8-11/h7-8,10H,4-6,9,16H2,1-3H3,(H,17,19). The molecule has 1 atom stereocenters. The Morgan fingerprint density at radius 3 is 2.81 bits per heavy atom. The number of carbonyl (C=O) groups excluding carboxylic acids is 1. The number of aromatic nitrogens is 1. The van der Waals surface area contributed by atoms with E-state index in [0.717, 1.165) is 18.4 Å². The van der Waals surface area contributed by atoms with Crippen LogP contribution in [-0.4, -0.2) is 34.7 Å².